The number of piperidine rings is 1. The molecule has 3 heterocycles. The minimum atomic E-state index is -0.0407. The Balaban J connectivity index is 1.63. The quantitative estimate of drug-likeness (QED) is 0.941. The van der Waals surface area contributed by atoms with Crippen LogP contribution in [0.25, 0.3) is 0 Å². The van der Waals surface area contributed by atoms with Gasteiger partial charge in [-0.2, -0.15) is 4.37 Å². The molecule has 0 aliphatic carbocycles. The Bertz CT molecular complexity index is 654. The van der Waals surface area contributed by atoms with Gasteiger partial charge in [0.2, 0.25) is 11.0 Å². The SMILES string of the molecule is Cc1ccc(NC(=O)C2CCCN(c3nc(C)ns3)C2)nc1. The fourth-order valence-electron chi connectivity index (χ4n) is 2.55. The highest BCUT2D eigenvalue weighted by molar-refractivity contribution is 7.09. The van der Waals surface area contributed by atoms with Crippen molar-refractivity contribution in [2.45, 2.75) is 26.7 Å². The minimum Gasteiger partial charge on any atom is -0.346 e. The number of aryl methyl sites for hydroxylation is 2. The highest BCUT2D eigenvalue weighted by Gasteiger charge is 2.27. The number of nitrogens with one attached hydrogen (secondary N) is 1. The zero-order valence-corrected chi connectivity index (χ0v) is 13.6. The van der Waals surface area contributed by atoms with Gasteiger partial charge < -0.3 is 10.2 Å². The molecule has 7 heteroatoms. The number of pyridine rings is 1. The molecule has 0 radical (unpaired) electrons. The molecule has 1 aliphatic heterocycles. The maximum absolute atomic E-state index is 12.4. The van der Waals surface area contributed by atoms with Gasteiger partial charge in [-0.1, -0.05) is 6.07 Å². The van der Waals surface area contributed by atoms with Crippen LogP contribution >= 0.6 is 11.5 Å². The van der Waals surface area contributed by atoms with Crippen molar-refractivity contribution in [2.75, 3.05) is 23.3 Å². The van der Waals surface area contributed by atoms with Crippen molar-refractivity contribution in [3.8, 4) is 0 Å². The van der Waals surface area contributed by atoms with Crippen molar-refractivity contribution >= 4 is 28.4 Å². The predicted octanol–water partition coefficient (Wildman–Crippen LogP) is 2.41. The van der Waals surface area contributed by atoms with Gasteiger partial charge in [-0.05, 0) is 38.3 Å². The van der Waals surface area contributed by atoms with Crippen LogP contribution in [0.1, 0.15) is 24.2 Å². The maximum Gasteiger partial charge on any atom is 0.230 e. The molecule has 0 bridgehead atoms. The van der Waals surface area contributed by atoms with E-state index < -0.39 is 0 Å². The van der Waals surface area contributed by atoms with E-state index in [9.17, 15) is 4.79 Å². The summed E-state index contributed by atoms with van der Waals surface area (Å²) in [5, 5.41) is 3.81. The third-order valence-electron chi connectivity index (χ3n) is 3.74. The van der Waals surface area contributed by atoms with Crippen molar-refractivity contribution in [2.24, 2.45) is 5.92 Å². The third-order valence-corrected chi connectivity index (χ3v) is 4.61. The summed E-state index contributed by atoms with van der Waals surface area (Å²) in [6.07, 6.45) is 3.64. The summed E-state index contributed by atoms with van der Waals surface area (Å²) in [5.41, 5.74) is 1.08. The summed E-state index contributed by atoms with van der Waals surface area (Å²) in [6, 6.07) is 3.78. The van der Waals surface area contributed by atoms with Crippen LogP contribution in [-0.4, -0.2) is 33.3 Å². The normalized spacial score (nSPS) is 18.3. The average Bonchev–Trinajstić information content (AvgIpc) is 2.96. The van der Waals surface area contributed by atoms with E-state index in [0.717, 1.165) is 35.9 Å². The van der Waals surface area contributed by atoms with Crippen LogP contribution < -0.4 is 10.2 Å². The van der Waals surface area contributed by atoms with Crippen molar-refractivity contribution in [3.05, 3.63) is 29.7 Å². The molecule has 0 saturated carbocycles. The third kappa shape index (κ3) is 3.41. The molecular weight excluding hydrogens is 298 g/mol. The maximum atomic E-state index is 12.4. The Labute approximate surface area is 133 Å². The van der Waals surface area contributed by atoms with Gasteiger partial charge in [-0.3, -0.25) is 4.79 Å². The topological polar surface area (TPSA) is 71.0 Å². The fourth-order valence-corrected chi connectivity index (χ4v) is 3.26. The molecule has 1 unspecified atom stereocenters. The molecule has 6 nitrogen and oxygen atoms in total. The summed E-state index contributed by atoms with van der Waals surface area (Å²) in [6.45, 7) is 5.48. The van der Waals surface area contributed by atoms with Gasteiger partial charge in [-0.15, -0.1) is 0 Å². The summed E-state index contributed by atoms with van der Waals surface area (Å²) < 4.78 is 4.22. The van der Waals surface area contributed by atoms with Crippen molar-refractivity contribution in [3.63, 3.8) is 0 Å². The van der Waals surface area contributed by atoms with Crippen LogP contribution in [-0.2, 0) is 4.79 Å². The Morgan fingerprint density at radius 3 is 2.95 bits per heavy atom. The first kappa shape index (κ1) is 14.9. The lowest BCUT2D eigenvalue weighted by Crippen LogP contribution is -2.40. The van der Waals surface area contributed by atoms with Gasteiger partial charge in [0.25, 0.3) is 0 Å². The molecule has 2 aromatic heterocycles. The Morgan fingerprint density at radius 1 is 1.41 bits per heavy atom. The number of hydrogen-bond acceptors (Lipinski definition) is 6. The van der Waals surface area contributed by atoms with Gasteiger partial charge in [0.1, 0.15) is 11.6 Å². The van der Waals surface area contributed by atoms with Crippen LogP contribution in [0.2, 0.25) is 0 Å². The first-order valence-corrected chi connectivity index (χ1v) is 8.18. The van der Waals surface area contributed by atoms with Gasteiger partial charge >= 0.3 is 0 Å². The Hall–Kier alpha value is -2.02. The predicted molar refractivity (Wildman–Crippen MR) is 87.2 cm³/mol. The number of carbonyl (C=O) groups excluding carboxylic acids is 1. The second-order valence-corrected chi connectivity index (χ2v) is 6.35. The highest BCUT2D eigenvalue weighted by atomic mass is 32.1. The van der Waals surface area contributed by atoms with Crippen LogP contribution in [0.4, 0.5) is 10.9 Å². The highest BCUT2D eigenvalue weighted by Crippen LogP contribution is 2.25. The molecule has 1 amide bonds. The van der Waals surface area contributed by atoms with Gasteiger partial charge in [0.05, 0.1) is 5.92 Å². The molecule has 22 heavy (non-hydrogen) atoms. The summed E-state index contributed by atoms with van der Waals surface area (Å²) in [5.74, 6) is 1.39. The van der Waals surface area contributed by atoms with E-state index >= 15 is 0 Å². The number of carbonyl (C=O) groups is 1. The van der Waals surface area contributed by atoms with Crippen LogP contribution in [0.15, 0.2) is 18.3 Å². The van der Waals surface area contributed by atoms with Crippen molar-refractivity contribution in [1.82, 2.24) is 14.3 Å². The zero-order chi connectivity index (χ0) is 15.5. The average molecular weight is 317 g/mol. The largest absolute Gasteiger partial charge is 0.346 e. The lowest BCUT2D eigenvalue weighted by molar-refractivity contribution is -0.120. The number of nitrogens with zero attached hydrogens (tertiary/aromatic N) is 4. The first-order valence-electron chi connectivity index (χ1n) is 7.40. The van der Waals surface area contributed by atoms with Crippen molar-refractivity contribution < 1.29 is 4.79 Å². The molecule has 116 valence electrons. The van der Waals surface area contributed by atoms with E-state index in [1.807, 2.05) is 26.0 Å². The number of rotatable bonds is 3. The number of hydrogen-bond donors (Lipinski definition) is 1. The lowest BCUT2D eigenvalue weighted by atomic mass is 9.97. The molecule has 1 atom stereocenters. The molecule has 2 aromatic rings. The minimum absolute atomic E-state index is 0.0299. The molecule has 3 rings (SSSR count). The monoisotopic (exact) mass is 317 g/mol. The second-order valence-electron chi connectivity index (χ2n) is 5.62. The van der Waals surface area contributed by atoms with E-state index in [4.69, 9.17) is 0 Å². The molecule has 1 saturated heterocycles. The molecule has 1 N–H and O–H groups in total. The summed E-state index contributed by atoms with van der Waals surface area (Å²) in [4.78, 5) is 23.2. The van der Waals surface area contributed by atoms with Gasteiger partial charge in [-0.25, -0.2) is 9.97 Å². The van der Waals surface area contributed by atoms with E-state index in [1.54, 1.807) is 6.20 Å². The molecule has 0 spiro atoms. The number of aromatic nitrogens is 3. The first-order chi connectivity index (χ1) is 10.6. The summed E-state index contributed by atoms with van der Waals surface area (Å²) in [7, 11) is 0. The number of amides is 1. The van der Waals surface area contributed by atoms with Crippen molar-refractivity contribution in [1.29, 1.82) is 0 Å². The van der Waals surface area contributed by atoms with Gasteiger partial charge in [0, 0.05) is 30.8 Å². The van der Waals surface area contributed by atoms with E-state index in [-0.39, 0.29) is 11.8 Å². The van der Waals surface area contributed by atoms with E-state index in [0.29, 0.717) is 12.4 Å². The standard InChI is InChI=1S/C15H19N5OS/c1-10-5-6-13(16-8-10)18-14(21)12-4-3-7-20(9-12)15-17-11(2)19-22-15/h5-6,8,12H,3-4,7,9H2,1-2H3,(H,16,18,21). The smallest absolute Gasteiger partial charge is 0.230 e. The molecule has 0 aromatic carbocycles. The van der Waals surface area contributed by atoms with E-state index in [1.165, 1.54) is 11.5 Å². The fraction of sp³-hybridized carbons (Fsp3) is 0.467. The molecule has 1 fully saturated rings. The molecular formula is C15H19N5OS. The number of anilines is 2. The zero-order valence-electron chi connectivity index (χ0n) is 12.7. The molecule has 1 aliphatic rings. The van der Waals surface area contributed by atoms with Gasteiger partial charge in [0.15, 0.2) is 0 Å². The van der Waals surface area contributed by atoms with Crippen LogP contribution in [0.5, 0.6) is 0 Å². The van der Waals surface area contributed by atoms with Crippen LogP contribution in [0.3, 0.4) is 0 Å². The summed E-state index contributed by atoms with van der Waals surface area (Å²) >= 11 is 1.40. The van der Waals surface area contributed by atoms with Crippen LogP contribution in [0, 0.1) is 19.8 Å². The lowest BCUT2D eigenvalue weighted by Gasteiger charge is -2.31. The Morgan fingerprint density at radius 2 is 2.27 bits per heavy atom. The Kier molecular flexibility index (Phi) is 4.33. The van der Waals surface area contributed by atoms with E-state index in [2.05, 4.69) is 24.6 Å². The second kappa shape index (κ2) is 6.39.